The summed E-state index contributed by atoms with van der Waals surface area (Å²) >= 11 is 0. The number of rotatable bonds is 5. The number of aromatic nitrogens is 2. The molecule has 2 aromatic carbocycles. The quantitative estimate of drug-likeness (QED) is 0.713. The number of nitrogens with one attached hydrogen (secondary N) is 2. The highest BCUT2D eigenvalue weighted by Gasteiger charge is 2.16. The summed E-state index contributed by atoms with van der Waals surface area (Å²) in [6, 6.07) is 14.4. The summed E-state index contributed by atoms with van der Waals surface area (Å²) in [7, 11) is 0. The lowest BCUT2D eigenvalue weighted by Gasteiger charge is -2.21. The Bertz CT molecular complexity index is 1130. The zero-order valence-corrected chi connectivity index (χ0v) is 15.5. The third-order valence-electron chi connectivity index (χ3n) is 5.07. The molecule has 1 aromatic heterocycles. The average Bonchev–Trinajstić information content (AvgIpc) is 3.25. The van der Waals surface area contributed by atoms with Crippen LogP contribution in [0.2, 0.25) is 0 Å². The van der Waals surface area contributed by atoms with Crippen molar-refractivity contribution in [3.05, 3.63) is 69.2 Å². The summed E-state index contributed by atoms with van der Waals surface area (Å²) in [4.78, 5) is 39.4. The fourth-order valence-electron chi connectivity index (χ4n) is 3.64. The number of nitrogens with zero attached hydrogens (tertiary/aromatic N) is 2. The first kappa shape index (κ1) is 18.0. The molecule has 1 saturated heterocycles. The number of aryl methyl sites for hydroxylation is 1. The van der Waals surface area contributed by atoms with Crippen LogP contribution in [0.15, 0.2) is 58.1 Å². The molecule has 0 bridgehead atoms. The van der Waals surface area contributed by atoms with Crippen LogP contribution in [-0.2, 0) is 11.3 Å². The zero-order chi connectivity index (χ0) is 19.5. The molecule has 2 heterocycles. The Morgan fingerprint density at radius 2 is 1.64 bits per heavy atom. The SMILES string of the molecule is O=C(CCn1[nH]c(=O)c2ccccc2c1=O)Nc1ccccc1N1CCCC1. The number of aromatic amines is 1. The van der Waals surface area contributed by atoms with E-state index in [0.717, 1.165) is 37.3 Å². The van der Waals surface area contributed by atoms with Gasteiger partial charge in [-0.3, -0.25) is 19.5 Å². The largest absolute Gasteiger partial charge is 0.370 e. The average molecular weight is 378 g/mol. The van der Waals surface area contributed by atoms with Crippen LogP contribution in [0.3, 0.4) is 0 Å². The van der Waals surface area contributed by atoms with Crippen LogP contribution in [0.1, 0.15) is 19.3 Å². The first-order valence-electron chi connectivity index (χ1n) is 9.49. The maximum atomic E-state index is 12.5. The topological polar surface area (TPSA) is 87.2 Å². The number of hydrogen-bond donors (Lipinski definition) is 2. The third-order valence-corrected chi connectivity index (χ3v) is 5.07. The number of para-hydroxylation sites is 2. The molecule has 7 nitrogen and oxygen atoms in total. The Kier molecular flexibility index (Phi) is 4.97. The van der Waals surface area contributed by atoms with E-state index >= 15 is 0 Å². The molecular weight excluding hydrogens is 356 g/mol. The van der Waals surface area contributed by atoms with Crippen molar-refractivity contribution in [2.45, 2.75) is 25.8 Å². The van der Waals surface area contributed by atoms with Gasteiger partial charge in [0.2, 0.25) is 5.91 Å². The summed E-state index contributed by atoms with van der Waals surface area (Å²) in [5.74, 6) is -0.201. The normalized spacial score (nSPS) is 13.8. The number of benzene rings is 2. The van der Waals surface area contributed by atoms with Crippen molar-refractivity contribution in [3.63, 3.8) is 0 Å². The minimum Gasteiger partial charge on any atom is -0.370 e. The highest BCUT2D eigenvalue weighted by Crippen LogP contribution is 2.28. The second kappa shape index (κ2) is 7.72. The van der Waals surface area contributed by atoms with Gasteiger partial charge in [0.05, 0.1) is 28.7 Å². The van der Waals surface area contributed by atoms with Gasteiger partial charge in [0, 0.05) is 19.5 Å². The van der Waals surface area contributed by atoms with E-state index < -0.39 is 0 Å². The summed E-state index contributed by atoms with van der Waals surface area (Å²) in [5.41, 5.74) is 1.15. The van der Waals surface area contributed by atoms with Crippen LogP contribution in [0, 0.1) is 0 Å². The molecule has 7 heteroatoms. The zero-order valence-electron chi connectivity index (χ0n) is 15.5. The second-order valence-electron chi connectivity index (χ2n) is 6.95. The molecule has 28 heavy (non-hydrogen) atoms. The number of anilines is 2. The predicted octanol–water partition coefficient (Wildman–Crippen LogP) is 2.32. The van der Waals surface area contributed by atoms with Gasteiger partial charge in [-0.1, -0.05) is 24.3 Å². The molecule has 0 radical (unpaired) electrons. The monoisotopic (exact) mass is 378 g/mol. The Morgan fingerprint density at radius 1 is 0.964 bits per heavy atom. The van der Waals surface area contributed by atoms with E-state index in [9.17, 15) is 14.4 Å². The van der Waals surface area contributed by atoms with Crippen LogP contribution in [0.25, 0.3) is 10.8 Å². The summed E-state index contributed by atoms with van der Waals surface area (Å²) in [6.07, 6.45) is 2.39. The molecule has 4 rings (SSSR count). The van der Waals surface area contributed by atoms with Gasteiger partial charge in [-0.05, 0) is 37.1 Å². The van der Waals surface area contributed by atoms with Crippen molar-refractivity contribution in [1.82, 2.24) is 9.78 Å². The van der Waals surface area contributed by atoms with Crippen molar-refractivity contribution in [2.75, 3.05) is 23.3 Å². The summed E-state index contributed by atoms with van der Waals surface area (Å²) in [5, 5.41) is 6.20. The van der Waals surface area contributed by atoms with Crippen LogP contribution in [-0.4, -0.2) is 28.8 Å². The number of amides is 1. The molecule has 1 fully saturated rings. The second-order valence-corrected chi connectivity index (χ2v) is 6.95. The number of H-pyrrole nitrogens is 1. The molecule has 144 valence electrons. The van der Waals surface area contributed by atoms with Gasteiger partial charge in [-0.15, -0.1) is 0 Å². The van der Waals surface area contributed by atoms with Crippen LogP contribution < -0.4 is 21.3 Å². The van der Waals surface area contributed by atoms with Gasteiger partial charge in [-0.2, -0.15) is 0 Å². The van der Waals surface area contributed by atoms with Crippen LogP contribution in [0.5, 0.6) is 0 Å². The molecule has 0 saturated carbocycles. The van der Waals surface area contributed by atoms with Gasteiger partial charge in [0.1, 0.15) is 0 Å². The summed E-state index contributed by atoms with van der Waals surface area (Å²) < 4.78 is 1.20. The van der Waals surface area contributed by atoms with Gasteiger partial charge in [0.25, 0.3) is 11.1 Å². The highest BCUT2D eigenvalue weighted by molar-refractivity contribution is 5.94. The molecule has 0 unspecified atom stereocenters. The molecule has 0 atom stereocenters. The fraction of sp³-hybridized carbons (Fsp3) is 0.286. The van der Waals surface area contributed by atoms with Crippen molar-refractivity contribution in [1.29, 1.82) is 0 Å². The minimum atomic E-state index is -0.338. The van der Waals surface area contributed by atoms with Gasteiger partial charge in [-0.25, -0.2) is 4.68 Å². The molecule has 1 amide bonds. The molecule has 2 N–H and O–H groups in total. The Balaban J connectivity index is 1.49. The number of carbonyl (C=O) groups excluding carboxylic acids is 1. The summed E-state index contributed by atoms with van der Waals surface area (Å²) in [6.45, 7) is 2.08. The first-order valence-corrected chi connectivity index (χ1v) is 9.49. The van der Waals surface area contributed by atoms with Crippen molar-refractivity contribution < 1.29 is 4.79 Å². The lowest BCUT2D eigenvalue weighted by atomic mass is 10.2. The standard InChI is InChI=1S/C21H22N4O3/c26-19(22-17-9-3-4-10-18(17)24-12-5-6-13-24)11-14-25-21(28)16-8-2-1-7-15(16)20(27)23-25/h1-4,7-10H,5-6,11-14H2,(H,22,26)(H,23,27). The molecule has 0 spiro atoms. The van der Waals surface area contributed by atoms with E-state index in [2.05, 4.69) is 15.3 Å². The number of hydrogen-bond acceptors (Lipinski definition) is 4. The molecule has 1 aliphatic heterocycles. The lowest BCUT2D eigenvalue weighted by molar-refractivity contribution is -0.116. The van der Waals surface area contributed by atoms with Crippen molar-refractivity contribution >= 4 is 28.1 Å². The number of carbonyl (C=O) groups is 1. The Morgan fingerprint density at radius 3 is 2.43 bits per heavy atom. The third kappa shape index (κ3) is 3.55. The van der Waals surface area contributed by atoms with Crippen molar-refractivity contribution in [3.8, 4) is 0 Å². The lowest BCUT2D eigenvalue weighted by Crippen LogP contribution is -2.31. The molecule has 0 aliphatic carbocycles. The van der Waals surface area contributed by atoms with Gasteiger partial charge >= 0.3 is 0 Å². The van der Waals surface area contributed by atoms with Crippen LogP contribution in [0.4, 0.5) is 11.4 Å². The number of fused-ring (bicyclic) bond motifs is 1. The minimum absolute atomic E-state index is 0.0858. The molecule has 1 aliphatic rings. The van der Waals surface area contributed by atoms with E-state index in [-0.39, 0.29) is 30.0 Å². The van der Waals surface area contributed by atoms with Crippen LogP contribution >= 0.6 is 0 Å². The Labute approximate surface area is 161 Å². The Hall–Kier alpha value is -3.35. The van der Waals surface area contributed by atoms with E-state index in [1.807, 2.05) is 24.3 Å². The molecule has 3 aromatic rings. The first-order chi connectivity index (χ1) is 13.6. The van der Waals surface area contributed by atoms with Gasteiger partial charge in [0.15, 0.2) is 0 Å². The van der Waals surface area contributed by atoms with E-state index in [0.29, 0.717) is 10.8 Å². The van der Waals surface area contributed by atoms with Crippen molar-refractivity contribution in [2.24, 2.45) is 0 Å². The van der Waals surface area contributed by atoms with Gasteiger partial charge < -0.3 is 10.2 Å². The van der Waals surface area contributed by atoms with E-state index in [4.69, 9.17) is 0 Å². The smallest absolute Gasteiger partial charge is 0.273 e. The van der Waals surface area contributed by atoms with E-state index in [1.54, 1.807) is 24.3 Å². The maximum Gasteiger partial charge on any atom is 0.273 e. The highest BCUT2D eigenvalue weighted by atomic mass is 16.2. The maximum absolute atomic E-state index is 12.5. The fourth-order valence-corrected chi connectivity index (χ4v) is 3.64. The molecular formula is C21H22N4O3. The van der Waals surface area contributed by atoms with E-state index in [1.165, 1.54) is 4.68 Å². The predicted molar refractivity (Wildman–Crippen MR) is 110 cm³/mol.